The molecule has 166 valence electrons. The molecule has 0 N–H and O–H groups in total. The van der Waals surface area contributed by atoms with Crippen molar-refractivity contribution in [2.45, 2.75) is 26.8 Å². The Kier molecular flexibility index (Phi) is 7.15. The fourth-order valence-corrected chi connectivity index (χ4v) is 3.82. The number of hydrogen-bond donors (Lipinski definition) is 0. The molecule has 0 aliphatic carbocycles. The summed E-state index contributed by atoms with van der Waals surface area (Å²) in [5.74, 6) is 0.516. The highest BCUT2D eigenvalue weighted by atomic mass is 19.1. The number of methoxy groups -OCH3 is 2. The van der Waals surface area contributed by atoms with Crippen LogP contribution in [0.15, 0.2) is 36.4 Å². The second kappa shape index (κ2) is 9.81. The third-order valence-corrected chi connectivity index (χ3v) is 5.34. The summed E-state index contributed by atoms with van der Waals surface area (Å²) in [7, 11) is 3.18. The van der Waals surface area contributed by atoms with E-state index in [9.17, 15) is 14.0 Å². The summed E-state index contributed by atoms with van der Waals surface area (Å²) in [6, 6.07) is 9.42. The first-order valence-electron chi connectivity index (χ1n) is 10.4. The van der Waals surface area contributed by atoms with Crippen LogP contribution in [0.2, 0.25) is 0 Å². The number of rotatable bonds is 7. The highest BCUT2D eigenvalue weighted by molar-refractivity contribution is 5.96. The Bertz CT molecular complexity index is 961. The van der Waals surface area contributed by atoms with Gasteiger partial charge in [-0.15, -0.1) is 0 Å². The molecule has 2 amide bonds. The van der Waals surface area contributed by atoms with E-state index >= 15 is 0 Å². The van der Waals surface area contributed by atoms with Crippen LogP contribution in [0.3, 0.4) is 0 Å². The van der Waals surface area contributed by atoms with Crippen LogP contribution >= 0.6 is 0 Å². The molecule has 2 aromatic rings. The quantitative estimate of drug-likeness (QED) is 0.677. The number of amides is 2. The van der Waals surface area contributed by atoms with Gasteiger partial charge in [-0.25, -0.2) is 4.39 Å². The molecule has 6 nitrogen and oxygen atoms in total. The maximum Gasteiger partial charge on any atom is 0.254 e. The lowest BCUT2D eigenvalue weighted by Gasteiger charge is -2.32. The Balaban J connectivity index is 1.76. The van der Waals surface area contributed by atoms with Crippen LogP contribution in [0.4, 0.5) is 4.39 Å². The van der Waals surface area contributed by atoms with Crippen molar-refractivity contribution >= 4 is 11.8 Å². The SMILES string of the molecule is COc1cc2c(cc1OC)CN(C(=O)CN(CC(C)C)C(=O)c1cccc(F)c1)CC2. The van der Waals surface area contributed by atoms with Crippen LogP contribution in [-0.2, 0) is 17.8 Å². The van der Waals surface area contributed by atoms with Gasteiger partial charge in [0.1, 0.15) is 12.4 Å². The van der Waals surface area contributed by atoms with E-state index in [2.05, 4.69) is 0 Å². The maximum absolute atomic E-state index is 13.6. The van der Waals surface area contributed by atoms with E-state index in [1.54, 1.807) is 25.2 Å². The molecule has 0 fully saturated rings. The highest BCUT2D eigenvalue weighted by Gasteiger charge is 2.26. The van der Waals surface area contributed by atoms with Gasteiger partial charge in [0.05, 0.1) is 14.2 Å². The van der Waals surface area contributed by atoms with Crippen LogP contribution in [-0.4, -0.2) is 55.5 Å². The molecule has 0 saturated carbocycles. The standard InChI is InChI=1S/C24H29FN2O4/c1-16(2)13-27(24(29)18-6-5-7-20(25)10-18)15-23(28)26-9-8-17-11-21(30-3)22(31-4)12-19(17)14-26/h5-7,10-12,16H,8-9,13-15H2,1-4H3. The van der Waals surface area contributed by atoms with Gasteiger partial charge in [0, 0.05) is 25.2 Å². The molecule has 0 spiro atoms. The van der Waals surface area contributed by atoms with Gasteiger partial charge >= 0.3 is 0 Å². The highest BCUT2D eigenvalue weighted by Crippen LogP contribution is 2.33. The monoisotopic (exact) mass is 428 g/mol. The third-order valence-electron chi connectivity index (χ3n) is 5.34. The number of nitrogens with zero attached hydrogens (tertiary/aromatic N) is 2. The van der Waals surface area contributed by atoms with Gasteiger partial charge in [0.2, 0.25) is 5.91 Å². The van der Waals surface area contributed by atoms with E-state index in [1.807, 2.05) is 26.0 Å². The predicted molar refractivity (Wildman–Crippen MR) is 116 cm³/mol. The number of halogens is 1. The first kappa shape index (κ1) is 22.6. The maximum atomic E-state index is 13.6. The number of carbonyl (C=O) groups excluding carboxylic acids is 2. The first-order chi connectivity index (χ1) is 14.8. The average molecular weight is 429 g/mol. The minimum atomic E-state index is -0.473. The van der Waals surface area contributed by atoms with Gasteiger partial charge in [-0.1, -0.05) is 19.9 Å². The Hall–Kier alpha value is -3.09. The van der Waals surface area contributed by atoms with Crippen molar-refractivity contribution in [2.24, 2.45) is 5.92 Å². The molecule has 3 rings (SSSR count). The topological polar surface area (TPSA) is 59.1 Å². The molecule has 2 aromatic carbocycles. The zero-order valence-electron chi connectivity index (χ0n) is 18.5. The van der Waals surface area contributed by atoms with Crippen molar-refractivity contribution in [3.05, 3.63) is 58.9 Å². The van der Waals surface area contributed by atoms with Crippen LogP contribution in [0.1, 0.15) is 35.3 Å². The summed E-state index contributed by atoms with van der Waals surface area (Å²) < 4.78 is 24.3. The summed E-state index contributed by atoms with van der Waals surface area (Å²) >= 11 is 0. The normalized spacial score (nSPS) is 13.0. The molecule has 0 bridgehead atoms. The number of fused-ring (bicyclic) bond motifs is 1. The summed E-state index contributed by atoms with van der Waals surface area (Å²) in [5.41, 5.74) is 2.37. The Morgan fingerprint density at radius 3 is 2.39 bits per heavy atom. The van der Waals surface area contributed by atoms with Crippen LogP contribution in [0.5, 0.6) is 11.5 Å². The van der Waals surface area contributed by atoms with Crippen LogP contribution in [0.25, 0.3) is 0 Å². The van der Waals surface area contributed by atoms with Gasteiger partial charge in [-0.3, -0.25) is 9.59 Å². The van der Waals surface area contributed by atoms with Crippen LogP contribution in [0, 0.1) is 11.7 Å². The fraction of sp³-hybridized carbons (Fsp3) is 0.417. The van der Waals surface area contributed by atoms with Crippen molar-refractivity contribution in [1.82, 2.24) is 9.80 Å². The molecule has 0 saturated heterocycles. The number of ether oxygens (including phenoxy) is 2. The van der Waals surface area contributed by atoms with Crippen LogP contribution < -0.4 is 9.47 Å². The van der Waals surface area contributed by atoms with Gasteiger partial charge in [-0.05, 0) is 53.8 Å². The number of benzene rings is 2. The molecule has 31 heavy (non-hydrogen) atoms. The zero-order chi connectivity index (χ0) is 22.5. The number of hydrogen-bond acceptors (Lipinski definition) is 4. The zero-order valence-corrected chi connectivity index (χ0v) is 18.5. The minimum Gasteiger partial charge on any atom is -0.493 e. The van der Waals surface area contributed by atoms with E-state index in [0.717, 1.165) is 11.1 Å². The Labute approximate surface area is 182 Å². The molecule has 0 unspecified atom stereocenters. The Morgan fingerprint density at radius 1 is 1.10 bits per heavy atom. The minimum absolute atomic E-state index is 0.0455. The van der Waals surface area contributed by atoms with E-state index < -0.39 is 5.82 Å². The fourth-order valence-electron chi connectivity index (χ4n) is 3.82. The molecule has 0 aromatic heterocycles. The third kappa shape index (κ3) is 5.34. The second-order valence-electron chi connectivity index (χ2n) is 8.13. The molecule has 0 atom stereocenters. The van der Waals surface area contributed by atoms with Crippen molar-refractivity contribution in [2.75, 3.05) is 33.9 Å². The molecule has 1 aliphatic heterocycles. The van der Waals surface area contributed by atoms with Crippen molar-refractivity contribution in [1.29, 1.82) is 0 Å². The summed E-state index contributed by atoms with van der Waals surface area (Å²) in [6.07, 6.45) is 0.698. The van der Waals surface area contributed by atoms with Crippen molar-refractivity contribution < 1.29 is 23.5 Å². The number of carbonyl (C=O) groups is 2. The molecule has 0 radical (unpaired) electrons. The Morgan fingerprint density at radius 2 is 1.77 bits per heavy atom. The summed E-state index contributed by atoms with van der Waals surface area (Å²) in [4.78, 5) is 29.3. The van der Waals surface area contributed by atoms with Gasteiger partial charge < -0.3 is 19.3 Å². The lowest BCUT2D eigenvalue weighted by molar-refractivity contribution is -0.132. The van der Waals surface area contributed by atoms with E-state index in [-0.39, 0.29) is 29.8 Å². The van der Waals surface area contributed by atoms with Gasteiger partial charge in [-0.2, -0.15) is 0 Å². The van der Waals surface area contributed by atoms with E-state index in [4.69, 9.17) is 9.47 Å². The largest absolute Gasteiger partial charge is 0.493 e. The molecular weight excluding hydrogens is 399 g/mol. The van der Waals surface area contributed by atoms with Gasteiger partial charge in [0.15, 0.2) is 11.5 Å². The molecular formula is C24H29FN2O4. The molecule has 1 aliphatic rings. The van der Waals surface area contributed by atoms with Crippen molar-refractivity contribution in [3.8, 4) is 11.5 Å². The van der Waals surface area contributed by atoms with E-state index in [1.165, 1.54) is 23.1 Å². The smallest absolute Gasteiger partial charge is 0.254 e. The molecule has 1 heterocycles. The second-order valence-corrected chi connectivity index (χ2v) is 8.13. The average Bonchev–Trinajstić information content (AvgIpc) is 2.76. The summed E-state index contributed by atoms with van der Waals surface area (Å²) in [6.45, 7) is 5.33. The first-order valence-corrected chi connectivity index (χ1v) is 10.4. The van der Waals surface area contributed by atoms with Crippen molar-refractivity contribution in [3.63, 3.8) is 0 Å². The summed E-state index contributed by atoms with van der Waals surface area (Å²) in [5, 5.41) is 0. The molecule has 7 heteroatoms. The predicted octanol–water partition coefficient (Wildman–Crippen LogP) is 3.53. The lowest BCUT2D eigenvalue weighted by Crippen LogP contribution is -2.45. The lowest BCUT2D eigenvalue weighted by atomic mass is 9.98. The van der Waals surface area contributed by atoms with Gasteiger partial charge in [0.25, 0.3) is 5.91 Å². The van der Waals surface area contributed by atoms with E-state index in [0.29, 0.717) is 37.6 Å².